The number of aryl methyl sites for hydroxylation is 1. The highest BCUT2D eigenvalue weighted by Gasteiger charge is 2.31. The van der Waals surface area contributed by atoms with Gasteiger partial charge in [0.1, 0.15) is 24.0 Å². The molecule has 2 atom stereocenters. The van der Waals surface area contributed by atoms with Crippen LogP contribution in [-0.2, 0) is 7.05 Å². The third-order valence-electron chi connectivity index (χ3n) is 5.79. The number of rotatable bonds is 5. The van der Waals surface area contributed by atoms with Gasteiger partial charge in [0, 0.05) is 24.5 Å². The number of nitrogens with zero attached hydrogens (tertiary/aromatic N) is 5. The van der Waals surface area contributed by atoms with Crippen LogP contribution >= 0.6 is 11.3 Å². The number of aromatic nitrogens is 5. The molecule has 0 unspecified atom stereocenters. The second kappa shape index (κ2) is 7.54. The van der Waals surface area contributed by atoms with Crippen molar-refractivity contribution in [2.75, 3.05) is 5.32 Å². The number of ether oxygens (including phenoxy) is 1. The molecule has 3 aromatic heterocycles. The van der Waals surface area contributed by atoms with Crippen LogP contribution in [0.2, 0.25) is 0 Å². The molecule has 1 aliphatic carbocycles. The minimum absolute atomic E-state index is 0.232. The summed E-state index contributed by atoms with van der Waals surface area (Å²) < 4.78 is 9.14. The van der Waals surface area contributed by atoms with Crippen molar-refractivity contribution in [2.45, 2.75) is 25.0 Å². The van der Waals surface area contributed by atoms with E-state index in [1.165, 1.54) is 0 Å². The average molecular weight is 445 g/mol. The Balaban J connectivity index is 1.47. The zero-order chi connectivity index (χ0) is 21.7. The lowest BCUT2D eigenvalue weighted by molar-refractivity contribution is -0.0354. The molecule has 0 spiro atoms. The van der Waals surface area contributed by atoms with Crippen molar-refractivity contribution < 1.29 is 9.84 Å². The first-order valence-corrected chi connectivity index (χ1v) is 11.2. The molecule has 160 valence electrons. The van der Waals surface area contributed by atoms with Crippen LogP contribution in [0.4, 0.5) is 11.5 Å². The lowest BCUT2D eigenvalue weighted by Gasteiger charge is -2.33. The fraction of sp³-hybridized carbons (Fsp3) is 0.217. The largest absolute Gasteiger partial charge is 0.487 e. The third-order valence-corrected chi connectivity index (χ3v) is 6.58. The Labute approximate surface area is 187 Å². The van der Waals surface area contributed by atoms with Crippen LogP contribution in [-0.4, -0.2) is 42.0 Å². The first kappa shape index (κ1) is 19.1. The van der Waals surface area contributed by atoms with Gasteiger partial charge in [0.15, 0.2) is 0 Å². The van der Waals surface area contributed by atoms with Gasteiger partial charge in [-0.2, -0.15) is 5.10 Å². The molecule has 0 amide bonds. The molecule has 9 heteroatoms. The summed E-state index contributed by atoms with van der Waals surface area (Å²) in [6.45, 7) is 0. The van der Waals surface area contributed by atoms with E-state index in [0.29, 0.717) is 11.6 Å². The van der Waals surface area contributed by atoms with E-state index >= 15 is 0 Å². The van der Waals surface area contributed by atoms with E-state index in [2.05, 4.69) is 31.4 Å². The summed E-state index contributed by atoms with van der Waals surface area (Å²) in [5, 5.41) is 18.6. The van der Waals surface area contributed by atoms with E-state index in [1.807, 2.05) is 49.2 Å². The van der Waals surface area contributed by atoms with E-state index < -0.39 is 6.10 Å². The van der Waals surface area contributed by atoms with Gasteiger partial charge < -0.3 is 15.2 Å². The second-order valence-corrected chi connectivity index (χ2v) is 8.84. The smallest absolute Gasteiger partial charge is 0.145 e. The molecule has 8 nitrogen and oxygen atoms in total. The SMILES string of the molecule is Cn1cc(-c2cc(O[C@@H]3CC[C@H]3O)c3c(Nc4ccc5ncsc5c4)ncnc3c2)cn1. The molecule has 5 aromatic rings. The topological polar surface area (TPSA) is 98.0 Å². The molecule has 6 rings (SSSR count). The molecule has 3 heterocycles. The van der Waals surface area contributed by atoms with E-state index in [1.54, 1.807) is 22.3 Å². The van der Waals surface area contributed by atoms with Crippen LogP contribution in [0.25, 0.3) is 32.2 Å². The summed E-state index contributed by atoms with van der Waals surface area (Å²) in [6, 6.07) is 10.0. The Morgan fingerprint density at radius 2 is 2.03 bits per heavy atom. The first-order valence-electron chi connectivity index (χ1n) is 10.4. The van der Waals surface area contributed by atoms with Gasteiger partial charge in [0.2, 0.25) is 0 Å². The minimum atomic E-state index is -0.457. The summed E-state index contributed by atoms with van der Waals surface area (Å²) >= 11 is 1.60. The van der Waals surface area contributed by atoms with Gasteiger partial charge in [-0.15, -0.1) is 11.3 Å². The molecule has 1 aliphatic rings. The highest BCUT2D eigenvalue weighted by Crippen LogP contribution is 2.38. The third kappa shape index (κ3) is 3.35. The summed E-state index contributed by atoms with van der Waals surface area (Å²) in [4.78, 5) is 13.4. The number of benzene rings is 2. The maximum Gasteiger partial charge on any atom is 0.145 e. The van der Waals surface area contributed by atoms with Crippen molar-refractivity contribution >= 4 is 44.0 Å². The van der Waals surface area contributed by atoms with Crippen molar-refractivity contribution in [3.8, 4) is 16.9 Å². The van der Waals surface area contributed by atoms with Crippen LogP contribution in [0.1, 0.15) is 12.8 Å². The fourth-order valence-corrected chi connectivity index (χ4v) is 4.62. The van der Waals surface area contributed by atoms with Gasteiger partial charge in [-0.05, 0) is 48.7 Å². The second-order valence-electron chi connectivity index (χ2n) is 7.95. The molecule has 2 N–H and O–H groups in total. The van der Waals surface area contributed by atoms with Crippen LogP contribution < -0.4 is 10.1 Å². The lowest BCUT2D eigenvalue weighted by Crippen LogP contribution is -2.41. The molecular formula is C23H20N6O2S. The number of hydrogen-bond acceptors (Lipinski definition) is 8. The molecule has 1 fully saturated rings. The molecular weight excluding hydrogens is 424 g/mol. The maximum absolute atomic E-state index is 10.1. The first-order chi connectivity index (χ1) is 15.6. The van der Waals surface area contributed by atoms with Crippen molar-refractivity contribution in [1.29, 1.82) is 0 Å². The predicted octanol–water partition coefficient (Wildman–Crippen LogP) is 4.29. The van der Waals surface area contributed by atoms with Gasteiger partial charge in [-0.1, -0.05) is 0 Å². The van der Waals surface area contributed by atoms with Gasteiger partial charge in [0.05, 0.1) is 38.9 Å². The monoisotopic (exact) mass is 444 g/mol. The quantitative estimate of drug-likeness (QED) is 0.417. The molecule has 1 saturated carbocycles. The van der Waals surface area contributed by atoms with E-state index in [4.69, 9.17) is 4.74 Å². The van der Waals surface area contributed by atoms with Crippen molar-refractivity contribution in [3.63, 3.8) is 0 Å². The number of aliphatic hydroxyl groups is 1. The lowest BCUT2D eigenvalue weighted by atomic mass is 9.92. The standard InChI is InChI=1S/C23H20N6O2S/c1-29-10-14(9-27-29)13-6-17-22(20(7-13)31-19-5-4-18(19)30)23(25-11-24-17)28-15-2-3-16-21(8-15)32-12-26-16/h2-3,6-12,18-19,30H,4-5H2,1H3,(H,24,25,28)/t18-,19-/m1/s1. The molecule has 2 aromatic carbocycles. The van der Waals surface area contributed by atoms with Gasteiger partial charge in [-0.25, -0.2) is 15.0 Å². The van der Waals surface area contributed by atoms with Crippen molar-refractivity contribution in [1.82, 2.24) is 24.7 Å². The number of nitrogens with one attached hydrogen (secondary N) is 1. The molecule has 0 bridgehead atoms. The van der Waals surface area contributed by atoms with Crippen LogP contribution in [0.5, 0.6) is 5.75 Å². The van der Waals surface area contributed by atoms with Crippen LogP contribution in [0.15, 0.2) is 54.6 Å². The number of anilines is 2. The Morgan fingerprint density at radius 3 is 2.81 bits per heavy atom. The fourth-order valence-electron chi connectivity index (χ4n) is 3.90. The summed E-state index contributed by atoms with van der Waals surface area (Å²) in [6.07, 6.45) is 6.19. The maximum atomic E-state index is 10.1. The zero-order valence-corrected chi connectivity index (χ0v) is 18.1. The number of thiazole rings is 1. The van der Waals surface area contributed by atoms with Gasteiger partial charge in [-0.3, -0.25) is 4.68 Å². The van der Waals surface area contributed by atoms with E-state index in [-0.39, 0.29) is 6.10 Å². The highest BCUT2D eigenvalue weighted by molar-refractivity contribution is 7.16. The average Bonchev–Trinajstić information content (AvgIpc) is 3.44. The van der Waals surface area contributed by atoms with Crippen LogP contribution in [0.3, 0.4) is 0 Å². The summed E-state index contributed by atoms with van der Waals surface area (Å²) in [5.74, 6) is 1.30. The Hall–Kier alpha value is -3.56. The number of fused-ring (bicyclic) bond motifs is 2. The number of aliphatic hydroxyl groups excluding tert-OH is 1. The van der Waals surface area contributed by atoms with E-state index in [0.717, 1.165) is 50.8 Å². The summed E-state index contributed by atoms with van der Waals surface area (Å²) in [5.41, 5.74) is 6.39. The Kier molecular flexibility index (Phi) is 4.51. The zero-order valence-electron chi connectivity index (χ0n) is 17.3. The van der Waals surface area contributed by atoms with E-state index in [9.17, 15) is 5.11 Å². The highest BCUT2D eigenvalue weighted by atomic mass is 32.1. The van der Waals surface area contributed by atoms with Gasteiger partial charge in [0.25, 0.3) is 0 Å². The predicted molar refractivity (Wildman–Crippen MR) is 124 cm³/mol. The molecule has 0 radical (unpaired) electrons. The Bertz CT molecular complexity index is 1450. The van der Waals surface area contributed by atoms with Crippen LogP contribution in [0, 0.1) is 0 Å². The minimum Gasteiger partial charge on any atom is -0.487 e. The molecule has 32 heavy (non-hydrogen) atoms. The Morgan fingerprint density at radius 1 is 1.09 bits per heavy atom. The van der Waals surface area contributed by atoms with Crippen molar-refractivity contribution in [2.24, 2.45) is 7.05 Å². The molecule has 0 saturated heterocycles. The van der Waals surface area contributed by atoms with Crippen molar-refractivity contribution in [3.05, 3.63) is 54.6 Å². The molecule has 0 aliphatic heterocycles. The number of hydrogen-bond donors (Lipinski definition) is 2. The summed E-state index contributed by atoms with van der Waals surface area (Å²) in [7, 11) is 1.89. The van der Waals surface area contributed by atoms with Gasteiger partial charge >= 0.3 is 0 Å². The normalized spacial score (nSPS) is 18.1.